The highest BCUT2D eigenvalue weighted by molar-refractivity contribution is 5.69. The van der Waals surface area contributed by atoms with Gasteiger partial charge in [-0.2, -0.15) is 5.10 Å². The number of benzene rings is 2. The molecule has 28 heavy (non-hydrogen) atoms. The molecule has 6 nitrogen and oxygen atoms in total. The molecule has 6 heteroatoms. The summed E-state index contributed by atoms with van der Waals surface area (Å²) >= 11 is 0. The van der Waals surface area contributed by atoms with Gasteiger partial charge < -0.3 is 20.1 Å². The molecule has 4 unspecified atom stereocenters. The molecule has 0 aliphatic carbocycles. The minimum absolute atomic E-state index is 0.185. The molecule has 1 saturated heterocycles. The van der Waals surface area contributed by atoms with Crippen molar-refractivity contribution in [1.29, 1.82) is 0 Å². The van der Waals surface area contributed by atoms with Gasteiger partial charge in [-0.05, 0) is 34.4 Å². The minimum atomic E-state index is -1.02. The van der Waals surface area contributed by atoms with Crippen LogP contribution in [0.4, 0.5) is 0 Å². The molecule has 0 saturated carbocycles. The first kappa shape index (κ1) is 18.8. The van der Waals surface area contributed by atoms with Gasteiger partial charge in [-0.1, -0.05) is 42.5 Å². The second kappa shape index (κ2) is 7.85. The number of aliphatic hydroxyl groups is 3. The van der Waals surface area contributed by atoms with E-state index < -0.39 is 24.4 Å². The predicted octanol–water partition coefficient (Wildman–Crippen LogP) is 2.30. The maximum absolute atomic E-state index is 10.4. The van der Waals surface area contributed by atoms with Crippen LogP contribution in [0.3, 0.4) is 0 Å². The Hall–Kier alpha value is -2.51. The van der Waals surface area contributed by atoms with E-state index in [1.807, 2.05) is 54.2 Å². The summed E-state index contributed by atoms with van der Waals surface area (Å²) in [5, 5.41) is 34.1. The molecule has 2 aromatic carbocycles. The summed E-state index contributed by atoms with van der Waals surface area (Å²) < 4.78 is 7.64. The largest absolute Gasteiger partial charge is 0.394 e. The van der Waals surface area contributed by atoms with Gasteiger partial charge in [0.2, 0.25) is 0 Å². The molecule has 0 spiro atoms. The first-order chi connectivity index (χ1) is 13.6. The third kappa shape index (κ3) is 3.59. The number of ether oxygens (including phenoxy) is 1. The third-order valence-electron chi connectivity index (χ3n) is 5.30. The average Bonchev–Trinajstić information content (AvgIpc) is 3.16. The molecular formula is C22H24N2O4. The molecule has 3 aromatic rings. The van der Waals surface area contributed by atoms with Crippen molar-refractivity contribution in [1.82, 2.24) is 9.78 Å². The Morgan fingerprint density at radius 1 is 1.04 bits per heavy atom. The molecule has 4 rings (SSSR count). The summed E-state index contributed by atoms with van der Waals surface area (Å²) in [4.78, 5) is 0. The normalized spacial score (nSPS) is 25.0. The monoisotopic (exact) mass is 380 g/mol. The van der Waals surface area contributed by atoms with Gasteiger partial charge in [0.15, 0.2) is 0 Å². The van der Waals surface area contributed by atoms with Crippen molar-refractivity contribution in [3.63, 3.8) is 0 Å². The molecule has 146 valence electrons. The standard InChI is InChI=1S/C22H24N2O4/c1-24-19(9-10-23-24)15-7-5-14(6-8-15)16-3-2-4-17(11-16)22-21(27)20(26)12-18(13-25)28-22/h2-11,18,20-22,25-27H,12-13H2,1H3. The smallest absolute Gasteiger partial charge is 0.111 e. The molecule has 1 aliphatic heterocycles. The summed E-state index contributed by atoms with van der Waals surface area (Å²) in [6.45, 7) is -0.185. The molecular weight excluding hydrogens is 356 g/mol. The molecule has 4 atom stereocenters. The van der Waals surface area contributed by atoms with Gasteiger partial charge in [-0.15, -0.1) is 0 Å². The number of hydrogen-bond acceptors (Lipinski definition) is 5. The Bertz CT molecular complexity index is 938. The van der Waals surface area contributed by atoms with Crippen molar-refractivity contribution in [2.24, 2.45) is 7.05 Å². The van der Waals surface area contributed by atoms with Crippen molar-refractivity contribution in [2.75, 3.05) is 6.61 Å². The van der Waals surface area contributed by atoms with Crippen LogP contribution in [0, 0.1) is 0 Å². The van der Waals surface area contributed by atoms with Crippen molar-refractivity contribution in [3.05, 3.63) is 66.4 Å². The van der Waals surface area contributed by atoms with Gasteiger partial charge in [-0.25, -0.2) is 0 Å². The highest BCUT2D eigenvalue weighted by Crippen LogP contribution is 2.34. The topological polar surface area (TPSA) is 87.7 Å². The first-order valence-electron chi connectivity index (χ1n) is 9.38. The number of aryl methyl sites for hydroxylation is 1. The van der Waals surface area contributed by atoms with Crippen molar-refractivity contribution >= 4 is 0 Å². The van der Waals surface area contributed by atoms with Crippen molar-refractivity contribution in [2.45, 2.75) is 30.8 Å². The van der Waals surface area contributed by atoms with Crippen molar-refractivity contribution < 1.29 is 20.1 Å². The quantitative estimate of drug-likeness (QED) is 0.646. The molecule has 3 N–H and O–H groups in total. The fraction of sp³-hybridized carbons (Fsp3) is 0.318. The zero-order valence-electron chi connectivity index (χ0n) is 15.6. The van der Waals surface area contributed by atoms with Gasteiger partial charge in [0.1, 0.15) is 12.2 Å². The number of aromatic nitrogens is 2. The van der Waals surface area contributed by atoms with E-state index in [1.54, 1.807) is 6.20 Å². The Labute approximate surface area is 163 Å². The van der Waals surface area contributed by atoms with Crippen LogP contribution in [0.25, 0.3) is 22.4 Å². The van der Waals surface area contributed by atoms with E-state index in [0.29, 0.717) is 0 Å². The van der Waals surface area contributed by atoms with Gasteiger partial charge >= 0.3 is 0 Å². The zero-order chi connectivity index (χ0) is 19.7. The number of rotatable bonds is 4. The van der Waals surface area contributed by atoms with E-state index in [9.17, 15) is 15.3 Å². The fourth-order valence-electron chi connectivity index (χ4n) is 3.73. The lowest BCUT2D eigenvalue weighted by atomic mass is 9.91. The highest BCUT2D eigenvalue weighted by Gasteiger charge is 2.37. The summed E-state index contributed by atoms with van der Waals surface area (Å²) in [6.07, 6.45) is -1.10. The van der Waals surface area contributed by atoms with Crippen molar-refractivity contribution in [3.8, 4) is 22.4 Å². The van der Waals surface area contributed by atoms with Crippen LogP contribution < -0.4 is 0 Å². The Morgan fingerprint density at radius 2 is 1.79 bits per heavy atom. The molecule has 0 bridgehead atoms. The molecule has 1 fully saturated rings. The number of nitrogens with zero attached hydrogens (tertiary/aromatic N) is 2. The zero-order valence-corrected chi connectivity index (χ0v) is 15.6. The maximum atomic E-state index is 10.4. The highest BCUT2D eigenvalue weighted by atomic mass is 16.5. The summed E-state index contributed by atoms with van der Waals surface area (Å²) in [5.74, 6) is 0. The second-order valence-corrected chi connectivity index (χ2v) is 7.20. The lowest BCUT2D eigenvalue weighted by Crippen LogP contribution is -2.44. The maximum Gasteiger partial charge on any atom is 0.111 e. The SMILES string of the molecule is Cn1nccc1-c1ccc(-c2cccc(C3OC(CO)CC(O)C3O)c2)cc1. The van der Waals surface area contributed by atoms with E-state index in [1.165, 1.54) is 0 Å². The van der Waals surface area contributed by atoms with E-state index in [4.69, 9.17) is 4.74 Å². The van der Waals surface area contributed by atoms with Crippen LogP contribution in [-0.4, -0.2) is 50.0 Å². The predicted molar refractivity (Wildman–Crippen MR) is 105 cm³/mol. The summed E-state index contributed by atoms with van der Waals surface area (Å²) in [5.41, 5.74) is 4.93. The second-order valence-electron chi connectivity index (χ2n) is 7.20. The fourth-order valence-corrected chi connectivity index (χ4v) is 3.73. The van der Waals surface area contributed by atoms with E-state index in [0.717, 1.165) is 27.9 Å². The lowest BCUT2D eigenvalue weighted by molar-refractivity contribution is -0.179. The summed E-state index contributed by atoms with van der Waals surface area (Å²) in [7, 11) is 1.91. The van der Waals surface area contributed by atoms with E-state index in [2.05, 4.69) is 17.2 Å². The van der Waals surface area contributed by atoms with E-state index in [-0.39, 0.29) is 13.0 Å². The third-order valence-corrected chi connectivity index (χ3v) is 5.30. The molecule has 2 heterocycles. The van der Waals surface area contributed by atoms with Crippen LogP contribution in [0.5, 0.6) is 0 Å². The van der Waals surface area contributed by atoms with Gasteiger partial charge in [0.05, 0.1) is 24.5 Å². The summed E-state index contributed by atoms with van der Waals surface area (Å²) in [6, 6.07) is 17.9. The average molecular weight is 380 g/mol. The van der Waals surface area contributed by atoms with E-state index >= 15 is 0 Å². The lowest BCUT2D eigenvalue weighted by Gasteiger charge is -2.37. The first-order valence-corrected chi connectivity index (χ1v) is 9.38. The van der Waals surface area contributed by atoms with Crippen LogP contribution in [-0.2, 0) is 11.8 Å². The van der Waals surface area contributed by atoms with Crippen LogP contribution in [0.15, 0.2) is 60.8 Å². The van der Waals surface area contributed by atoms with Crippen LogP contribution >= 0.6 is 0 Å². The molecule has 1 aliphatic rings. The van der Waals surface area contributed by atoms with Gasteiger partial charge in [-0.3, -0.25) is 4.68 Å². The van der Waals surface area contributed by atoms with Crippen LogP contribution in [0.2, 0.25) is 0 Å². The minimum Gasteiger partial charge on any atom is -0.394 e. The Balaban J connectivity index is 1.61. The molecule has 0 amide bonds. The number of aliphatic hydroxyl groups excluding tert-OH is 3. The van der Waals surface area contributed by atoms with Crippen LogP contribution in [0.1, 0.15) is 18.1 Å². The molecule has 0 radical (unpaired) electrons. The number of hydrogen-bond donors (Lipinski definition) is 3. The Morgan fingerprint density at radius 3 is 2.46 bits per heavy atom. The Kier molecular flexibility index (Phi) is 5.28. The van der Waals surface area contributed by atoms with Gasteiger partial charge in [0.25, 0.3) is 0 Å². The van der Waals surface area contributed by atoms with Gasteiger partial charge in [0, 0.05) is 19.7 Å². The molecule has 1 aromatic heterocycles.